The van der Waals surface area contributed by atoms with Crippen molar-refractivity contribution in [3.63, 3.8) is 0 Å². The smallest absolute Gasteiger partial charge is 0.0802 e. The summed E-state index contributed by atoms with van der Waals surface area (Å²) in [5.74, 6) is 0. The Morgan fingerprint density at radius 3 is 1.72 bits per heavy atom. The van der Waals surface area contributed by atoms with Gasteiger partial charge in [-0.25, -0.2) is 0 Å². The zero-order valence-electron chi connectivity index (χ0n) is 31.2. The Morgan fingerprint density at radius 2 is 1.02 bits per heavy atom. The largest absolute Gasteiger partial charge is 0.361 e. The molecule has 0 aliphatic heterocycles. The third-order valence-corrected chi connectivity index (χ3v) is 10.9. The van der Waals surface area contributed by atoms with E-state index in [1.807, 2.05) is 60.9 Å². The molecule has 0 saturated carbocycles. The predicted octanol–water partition coefficient (Wildman–Crippen LogP) is 14.3. The van der Waals surface area contributed by atoms with Gasteiger partial charge in [0.15, 0.2) is 0 Å². The molecular weight excluding hydrogens is 691 g/mol. The minimum Gasteiger partial charge on any atom is -0.361 e. The summed E-state index contributed by atoms with van der Waals surface area (Å²) in [7, 11) is 0. The van der Waals surface area contributed by atoms with Gasteiger partial charge in [0.1, 0.15) is 0 Å². The van der Waals surface area contributed by atoms with E-state index < -0.39 is 0 Å². The van der Waals surface area contributed by atoms with Gasteiger partial charge in [0.25, 0.3) is 0 Å². The molecule has 0 spiro atoms. The topological polar surface area (TPSA) is 52.0 Å². The van der Waals surface area contributed by atoms with Crippen LogP contribution in [-0.4, -0.2) is 16.9 Å². The zero-order chi connectivity index (χ0) is 38.1. The van der Waals surface area contributed by atoms with Crippen molar-refractivity contribution in [2.24, 2.45) is 4.99 Å². The van der Waals surface area contributed by atoms with Crippen LogP contribution >= 0.6 is 0 Å². The number of fused-ring (bicyclic) bond motifs is 3. The van der Waals surface area contributed by atoms with Gasteiger partial charge in [-0.05, 0) is 114 Å². The molecule has 10 rings (SSSR count). The molecule has 3 nitrogen and oxygen atoms in total. The first-order valence-electron chi connectivity index (χ1n) is 19.3. The zero-order valence-corrected chi connectivity index (χ0v) is 31.2. The summed E-state index contributed by atoms with van der Waals surface area (Å²) in [6.07, 6.45) is 3.93. The first-order valence-corrected chi connectivity index (χ1v) is 19.3. The number of aromatic amines is 1. The molecule has 268 valence electrons. The maximum absolute atomic E-state index is 9.48. The Labute approximate surface area is 331 Å². The van der Waals surface area contributed by atoms with Crippen molar-refractivity contribution in [1.82, 2.24) is 4.98 Å². The fourth-order valence-electron chi connectivity index (χ4n) is 8.06. The van der Waals surface area contributed by atoms with Crippen LogP contribution in [0.15, 0.2) is 211 Å². The highest BCUT2D eigenvalue weighted by molar-refractivity contribution is 6.18. The summed E-state index contributed by atoms with van der Waals surface area (Å²) in [5, 5.41) is 16.4. The van der Waals surface area contributed by atoms with E-state index in [0.29, 0.717) is 5.71 Å². The Kier molecular flexibility index (Phi) is 8.66. The van der Waals surface area contributed by atoms with E-state index in [4.69, 9.17) is 4.99 Å². The molecule has 0 aliphatic carbocycles. The van der Waals surface area contributed by atoms with Crippen molar-refractivity contribution in [2.45, 2.75) is 0 Å². The first kappa shape index (κ1) is 33.9. The van der Waals surface area contributed by atoms with Crippen LogP contribution in [0.1, 0.15) is 16.7 Å². The van der Waals surface area contributed by atoms with E-state index in [-0.39, 0.29) is 0 Å². The average Bonchev–Trinajstić information content (AvgIpc) is 3.83. The predicted molar refractivity (Wildman–Crippen MR) is 241 cm³/mol. The lowest BCUT2D eigenvalue weighted by Crippen LogP contribution is -2.02. The van der Waals surface area contributed by atoms with Gasteiger partial charge < -0.3 is 4.98 Å². The third-order valence-electron chi connectivity index (χ3n) is 10.9. The molecule has 0 aliphatic rings. The van der Waals surface area contributed by atoms with E-state index in [1.165, 1.54) is 27.1 Å². The van der Waals surface area contributed by atoms with E-state index in [1.54, 1.807) is 0 Å². The Bertz CT molecular complexity index is 3050. The normalized spacial score (nSPS) is 11.5. The van der Waals surface area contributed by atoms with E-state index in [0.717, 1.165) is 72.2 Å². The van der Waals surface area contributed by atoms with Crippen LogP contribution in [0.5, 0.6) is 0 Å². The standard InChI is InChI=1S/C54H37N3/c55-53(42-26-22-38(23-27-42)37-11-2-1-3-12-37)50-29-28-40-13-4-9-18-49(40)54(50)57-35-36-31-45(39-20-24-41(25-21-39)51-19-10-30-56-51)34-46(32-36)52-47-16-7-5-14-43(47)33-44-15-6-8-17-48(44)52/h1-35,55-56H. The highest BCUT2D eigenvalue weighted by Gasteiger charge is 2.16. The minimum absolute atomic E-state index is 0.436. The second-order valence-electron chi connectivity index (χ2n) is 14.5. The molecule has 1 heterocycles. The summed E-state index contributed by atoms with van der Waals surface area (Å²) >= 11 is 0. The molecule has 0 fully saturated rings. The lowest BCUT2D eigenvalue weighted by molar-refractivity contribution is 1.40. The van der Waals surface area contributed by atoms with Crippen molar-refractivity contribution >= 4 is 49.9 Å². The van der Waals surface area contributed by atoms with Crippen LogP contribution < -0.4 is 0 Å². The number of aromatic nitrogens is 1. The maximum atomic E-state index is 9.48. The van der Waals surface area contributed by atoms with Gasteiger partial charge in [0.2, 0.25) is 0 Å². The van der Waals surface area contributed by atoms with Crippen molar-refractivity contribution in [1.29, 1.82) is 5.41 Å². The van der Waals surface area contributed by atoms with Crippen LogP contribution in [0.25, 0.3) is 77.0 Å². The molecule has 0 bridgehead atoms. The summed E-state index contributed by atoms with van der Waals surface area (Å²) in [4.78, 5) is 8.62. The van der Waals surface area contributed by atoms with Gasteiger partial charge in [-0.3, -0.25) is 10.4 Å². The summed E-state index contributed by atoms with van der Waals surface area (Å²) in [6.45, 7) is 0. The molecule has 0 saturated heterocycles. The van der Waals surface area contributed by atoms with Gasteiger partial charge in [-0.1, -0.05) is 158 Å². The Morgan fingerprint density at radius 1 is 0.439 bits per heavy atom. The number of benzene rings is 9. The van der Waals surface area contributed by atoms with Crippen LogP contribution in [0, 0.1) is 5.41 Å². The van der Waals surface area contributed by atoms with Crippen molar-refractivity contribution in [3.05, 3.63) is 223 Å². The van der Waals surface area contributed by atoms with E-state index in [2.05, 4.69) is 157 Å². The number of nitrogens with one attached hydrogen (secondary N) is 2. The van der Waals surface area contributed by atoms with Gasteiger partial charge in [0.05, 0.1) is 11.4 Å². The fraction of sp³-hybridized carbons (Fsp3) is 0. The van der Waals surface area contributed by atoms with Crippen LogP contribution in [0.2, 0.25) is 0 Å². The molecule has 10 aromatic rings. The second kappa shape index (κ2) is 14.6. The van der Waals surface area contributed by atoms with E-state index in [9.17, 15) is 5.41 Å². The number of hydrogen-bond donors (Lipinski definition) is 2. The third kappa shape index (κ3) is 6.52. The lowest BCUT2D eigenvalue weighted by Gasteiger charge is -2.15. The fourth-order valence-corrected chi connectivity index (χ4v) is 8.06. The second-order valence-corrected chi connectivity index (χ2v) is 14.5. The number of aliphatic imine (C=N–C) groups is 1. The molecule has 0 amide bonds. The van der Waals surface area contributed by atoms with Gasteiger partial charge in [-0.15, -0.1) is 0 Å². The van der Waals surface area contributed by atoms with Crippen molar-refractivity contribution in [2.75, 3.05) is 0 Å². The number of nitrogens with zero attached hydrogens (tertiary/aromatic N) is 1. The SMILES string of the molecule is N=C(c1ccc(-c2ccccc2)cc1)c1ccc2ccccc2c1N=Cc1cc(-c2ccc(-c3ccc[nH]3)cc2)cc(-c2c3ccccc3cc3ccccc23)c1. The van der Waals surface area contributed by atoms with Gasteiger partial charge >= 0.3 is 0 Å². The molecule has 0 atom stereocenters. The molecule has 3 heteroatoms. The number of hydrogen-bond acceptors (Lipinski definition) is 2. The molecule has 2 N–H and O–H groups in total. The lowest BCUT2D eigenvalue weighted by atomic mass is 9.89. The Hall–Kier alpha value is -7.62. The molecule has 57 heavy (non-hydrogen) atoms. The molecule has 0 unspecified atom stereocenters. The van der Waals surface area contributed by atoms with Crippen LogP contribution in [-0.2, 0) is 0 Å². The summed E-state index contributed by atoms with van der Waals surface area (Å²) in [6, 6.07) is 70.3. The average molecular weight is 728 g/mol. The quantitative estimate of drug-likeness (QED) is 0.116. The summed E-state index contributed by atoms with van der Waals surface area (Å²) in [5.41, 5.74) is 12.9. The molecular formula is C54H37N3. The number of H-pyrrole nitrogens is 1. The highest BCUT2D eigenvalue weighted by Crippen LogP contribution is 2.39. The van der Waals surface area contributed by atoms with Crippen molar-refractivity contribution in [3.8, 4) is 44.6 Å². The highest BCUT2D eigenvalue weighted by atomic mass is 14.7. The van der Waals surface area contributed by atoms with Gasteiger partial charge in [0, 0.05) is 34.6 Å². The maximum Gasteiger partial charge on any atom is 0.0802 e. The van der Waals surface area contributed by atoms with Crippen LogP contribution in [0.4, 0.5) is 5.69 Å². The van der Waals surface area contributed by atoms with E-state index >= 15 is 0 Å². The van der Waals surface area contributed by atoms with Gasteiger partial charge in [-0.2, -0.15) is 0 Å². The minimum atomic E-state index is 0.436. The van der Waals surface area contributed by atoms with Crippen molar-refractivity contribution < 1.29 is 0 Å². The summed E-state index contributed by atoms with van der Waals surface area (Å²) < 4.78 is 0. The monoisotopic (exact) mass is 727 g/mol. The molecule has 0 radical (unpaired) electrons. The molecule has 9 aromatic carbocycles. The Balaban J connectivity index is 1.12. The molecule has 1 aromatic heterocycles. The first-order chi connectivity index (χ1) is 28.2. The van der Waals surface area contributed by atoms with Crippen LogP contribution in [0.3, 0.4) is 0 Å². The number of rotatable bonds is 8.